The van der Waals surface area contributed by atoms with Gasteiger partial charge in [-0.05, 0) is 29.4 Å². The third kappa shape index (κ3) is 3.03. The second-order valence-electron chi connectivity index (χ2n) is 7.41. The molecule has 142 valence electrons. The number of nitrogens with one attached hydrogen (secondary N) is 1. The van der Waals surface area contributed by atoms with E-state index in [-0.39, 0.29) is 5.56 Å². The summed E-state index contributed by atoms with van der Waals surface area (Å²) in [6, 6.07) is 14.6. The smallest absolute Gasteiger partial charge is 0.278 e. The van der Waals surface area contributed by atoms with Gasteiger partial charge in [-0.15, -0.1) is 0 Å². The van der Waals surface area contributed by atoms with E-state index in [1.165, 1.54) is 10.8 Å². The lowest BCUT2D eigenvalue weighted by atomic mass is 10.1. The molecule has 0 saturated carbocycles. The van der Waals surface area contributed by atoms with Crippen LogP contribution in [-0.2, 0) is 6.54 Å². The zero-order valence-corrected chi connectivity index (χ0v) is 15.8. The highest BCUT2D eigenvalue weighted by Gasteiger charge is 2.18. The molecule has 0 bridgehead atoms. The summed E-state index contributed by atoms with van der Waals surface area (Å²) in [5, 5.41) is 2.40. The van der Waals surface area contributed by atoms with Crippen molar-refractivity contribution in [3.8, 4) is 0 Å². The Morgan fingerprint density at radius 2 is 1.82 bits per heavy atom. The minimum Gasteiger partial charge on any atom is -0.340 e. The maximum Gasteiger partial charge on any atom is 0.278 e. The van der Waals surface area contributed by atoms with Gasteiger partial charge >= 0.3 is 0 Å². The number of H-pyrrole nitrogens is 1. The van der Waals surface area contributed by atoms with Gasteiger partial charge < -0.3 is 14.4 Å². The molecule has 1 aliphatic heterocycles. The number of nitrogens with zero attached hydrogens (tertiary/aromatic N) is 5. The van der Waals surface area contributed by atoms with Crippen LogP contribution in [0, 0.1) is 0 Å². The molecule has 1 aliphatic rings. The number of aromatic amines is 1. The molecule has 0 amide bonds. The van der Waals surface area contributed by atoms with E-state index < -0.39 is 0 Å². The van der Waals surface area contributed by atoms with Crippen molar-refractivity contribution in [1.82, 2.24) is 24.4 Å². The summed E-state index contributed by atoms with van der Waals surface area (Å²) in [6.07, 6.45) is 1.70. The summed E-state index contributed by atoms with van der Waals surface area (Å²) in [7, 11) is 2.10. The molecule has 0 radical (unpaired) electrons. The zero-order valence-electron chi connectivity index (χ0n) is 15.8. The Bertz CT molecular complexity index is 1200. The summed E-state index contributed by atoms with van der Waals surface area (Å²) in [6.45, 7) is 4.20. The molecule has 1 saturated heterocycles. The predicted octanol–water partition coefficient (Wildman–Crippen LogP) is 2.07. The molecule has 0 spiro atoms. The quantitative estimate of drug-likeness (QED) is 0.595. The third-order valence-electron chi connectivity index (χ3n) is 5.44. The Labute approximate surface area is 162 Å². The molecule has 7 nitrogen and oxygen atoms in total. The third-order valence-corrected chi connectivity index (χ3v) is 5.44. The molecule has 4 aromatic rings. The van der Waals surface area contributed by atoms with Crippen molar-refractivity contribution in [2.75, 3.05) is 38.1 Å². The Balaban J connectivity index is 1.47. The highest BCUT2D eigenvalue weighted by atomic mass is 16.1. The number of piperazine rings is 1. The number of hydrogen-bond donors (Lipinski definition) is 1. The lowest BCUT2D eigenvalue weighted by Crippen LogP contribution is -2.45. The minimum absolute atomic E-state index is 0.141. The molecule has 28 heavy (non-hydrogen) atoms. The number of aromatic nitrogens is 4. The van der Waals surface area contributed by atoms with Gasteiger partial charge in [0.05, 0.1) is 6.33 Å². The number of anilines is 1. The van der Waals surface area contributed by atoms with Crippen molar-refractivity contribution < 1.29 is 0 Å². The van der Waals surface area contributed by atoms with Crippen molar-refractivity contribution in [3.63, 3.8) is 0 Å². The molecule has 3 heterocycles. The molecule has 7 heteroatoms. The highest BCUT2D eigenvalue weighted by molar-refractivity contribution is 5.83. The van der Waals surface area contributed by atoms with E-state index >= 15 is 0 Å². The molecule has 0 atom stereocenters. The largest absolute Gasteiger partial charge is 0.340 e. The maximum atomic E-state index is 12.8. The van der Waals surface area contributed by atoms with Gasteiger partial charge in [0.2, 0.25) is 5.95 Å². The van der Waals surface area contributed by atoms with E-state index in [2.05, 4.69) is 62.1 Å². The number of hydrogen-bond acceptors (Lipinski definition) is 5. The average Bonchev–Trinajstić information content (AvgIpc) is 3.11. The first-order valence-corrected chi connectivity index (χ1v) is 9.54. The second-order valence-corrected chi connectivity index (χ2v) is 7.41. The fourth-order valence-corrected chi connectivity index (χ4v) is 3.80. The van der Waals surface area contributed by atoms with Gasteiger partial charge in [-0.25, -0.2) is 4.98 Å². The van der Waals surface area contributed by atoms with E-state index in [0.29, 0.717) is 23.7 Å². The predicted molar refractivity (Wildman–Crippen MR) is 111 cm³/mol. The Kier molecular flexibility index (Phi) is 4.09. The van der Waals surface area contributed by atoms with Crippen molar-refractivity contribution in [2.45, 2.75) is 6.54 Å². The van der Waals surface area contributed by atoms with Crippen LogP contribution in [0.1, 0.15) is 5.56 Å². The van der Waals surface area contributed by atoms with Crippen molar-refractivity contribution >= 4 is 27.9 Å². The number of rotatable bonds is 3. The first-order chi connectivity index (χ1) is 13.7. The van der Waals surface area contributed by atoms with E-state index in [4.69, 9.17) is 0 Å². The van der Waals surface area contributed by atoms with Crippen LogP contribution in [0.15, 0.2) is 53.6 Å². The van der Waals surface area contributed by atoms with Gasteiger partial charge in [-0.3, -0.25) is 9.78 Å². The normalized spacial score (nSPS) is 15.5. The van der Waals surface area contributed by atoms with Crippen LogP contribution < -0.4 is 10.5 Å². The van der Waals surface area contributed by atoms with Crippen molar-refractivity contribution in [1.29, 1.82) is 0 Å². The fourth-order valence-electron chi connectivity index (χ4n) is 3.80. The summed E-state index contributed by atoms with van der Waals surface area (Å²) in [4.78, 5) is 29.2. The molecule has 0 unspecified atom stereocenters. The van der Waals surface area contributed by atoms with Gasteiger partial charge in [0.1, 0.15) is 0 Å². The monoisotopic (exact) mass is 374 g/mol. The maximum absolute atomic E-state index is 12.8. The lowest BCUT2D eigenvalue weighted by molar-refractivity contribution is 0.311. The molecule has 0 aliphatic carbocycles. The zero-order chi connectivity index (χ0) is 19.1. The van der Waals surface area contributed by atoms with Crippen LogP contribution in [0.3, 0.4) is 0 Å². The van der Waals surface area contributed by atoms with Gasteiger partial charge in [0.25, 0.3) is 5.56 Å². The molecule has 5 rings (SSSR count). The summed E-state index contributed by atoms with van der Waals surface area (Å²) >= 11 is 0. The highest BCUT2D eigenvalue weighted by Crippen LogP contribution is 2.18. The molecule has 2 aromatic heterocycles. The average molecular weight is 374 g/mol. The standard InChI is InChI=1S/C21H22N6O/c1-25-8-10-26(11-9-25)21-23-19-18(20(28)24-21)27(14-22-19)13-15-6-7-16-4-2-3-5-17(16)12-15/h2-7,12,14H,8-11,13H2,1H3,(H,23,24,28). The number of fused-ring (bicyclic) bond motifs is 2. The first-order valence-electron chi connectivity index (χ1n) is 9.54. The van der Waals surface area contributed by atoms with Crippen LogP contribution in [0.5, 0.6) is 0 Å². The lowest BCUT2D eigenvalue weighted by Gasteiger charge is -2.32. The van der Waals surface area contributed by atoms with E-state index in [1.54, 1.807) is 6.33 Å². The molecule has 1 N–H and O–H groups in total. The first kappa shape index (κ1) is 16.9. The van der Waals surface area contributed by atoms with Crippen LogP contribution >= 0.6 is 0 Å². The molecule has 2 aromatic carbocycles. The summed E-state index contributed by atoms with van der Waals surface area (Å²) in [5.74, 6) is 0.613. The van der Waals surface area contributed by atoms with Gasteiger partial charge in [-0.1, -0.05) is 36.4 Å². The SMILES string of the molecule is CN1CCN(c2nc3ncn(Cc4ccc5ccccc5c4)c3c(=O)[nH]2)CC1. The van der Waals surface area contributed by atoms with Gasteiger partial charge in [-0.2, -0.15) is 4.98 Å². The molecular weight excluding hydrogens is 352 g/mol. The number of likely N-dealkylation sites (N-methyl/N-ethyl adjacent to an activating group) is 1. The fraction of sp³-hybridized carbons (Fsp3) is 0.286. The van der Waals surface area contributed by atoms with Crippen LogP contribution in [0.25, 0.3) is 21.9 Å². The van der Waals surface area contributed by atoms with Crippen molar-refractivity contribution in [2.24, 2.45) is 0 Å². The van der Waals surface area contributed by atoms with Crippen LogP contribution in [-0.4, -0.2) is 57.6 Å². The summed E-state index contributed by atoms with van der Waals surface area (Å²) < 4.78 is 1.87. The van der Waals surface area contributed by atoms with E-state index in [0.717, 1.165) is 31.7 Å². The van der Waals surface area contributed by atoms with E-state index in [1.807, 2.05) is 16.7 Å². The topological polar surface area (TPSA) is 70.1 Å². The Hall–Kier alpha value is -3.19. The molecular formula is C21H22N6O. The minimum atomic E-state index is -0.141. The van der Waals surface area contributed by atoms with Gasteiger partial charge in [0, 0.05) is 32.7 Å². The summed E-state index contributed by atoms with van der Waals surface area (Å²) in [5.41, 5.74) is 2.00. The Morgan fingerprint density at radius 3 is 2.64 bits per heavy atom. The van der Waals surface area contributed by atoms with Crippen LogP contribution in [0.2, 0.25) is 0 Å². The van der Waals surface area contributed by atoms with Crippen molar-refractivity contribution in [3.05, 3.63) is 64.7 Å². The number of benzene rings is 2. The second kappa shape index (κ2) is 6.76. The molecule has 1 fully saturated rings. The number of imidazole rings is 1. The van der Waals surface area contributed by atoms with Gasteiger partial charge in [0.15, 0.2) is 11.2 Å². The van der Waals surface area contributed by atoms with E-state index in [9.17, 15) is 4.79 Å². The van der Waals surface area contributed by atoms with Crippen LogP contribution in [0.4, 0.5) is 5.95 Å². The Morgan fingerprint density at radius 1 is 1.04 bits per heavy atom.